The Kier molecular flexibility index (Phi) is 7.87. The van der Waals surface area contributed by atoms with E-state index in [0.29, 0.717) is 17.8 Å². The minimum Gasteiger partial charge on any atom is -0.351 e. The SMILES string of the molecule is CC(=O)Nc1ccc(C(=O)NCCN2CCNCC2)cc1.Cl. The molecule has 0 unspecified atom stereocenters. The first-order valence-corrected chi connectivity index (χ1v) is 7.24. The van der Waals surface area contributed by atoms with Crippen LogP contribution in [0.25, 0.3) is 0 Å². The number of carbonyl (C=O) groups excluding carboxylic acids is 2. The first kappa shape index (κ1) is 18.4. The van der Waals surface area contributed by atoms with Crippen LogP contribution in [0.2, 0.25) is 0 Å². The Labute approximate surface area is 137 Å². The highest BCUT2D eigenvalue weighted by Gasteiger charge is 2.10. The van der Waals surface area contributed by atoms with E-state index < -0.39 is 0 Å². The second kappa shape index (κ2) is 9.40. The Hall–Kier alpha value is -1.63. The Bertz CT molecular complexity index is 487. The maximum absolute atomic E-state index is 12.0. The maximum atomic E-state index is 12.0. The van der Waals surface area contributed by atoms with Crippen LogP contribution >= 0.6 is 12.4 Å². The zero-order valence-electron chi connectivity index (χ0n) is 12.7. The van der Waals surface area contributed by atoms with Crippen molar-refractivity contribution in [2.75, 3.05) is 44.6 Å². The van der Waals surface area contributed by atoms with E-state index >= 15 is 0 Å². The zero-order valence-corrected chi connectivity index (χ0v) is 13.5. The average Bonchev–Trinajstić information content (AvgIpc) is 2.48. The topological polar surface area (TPSA) is 73.5 Å². The predicted octanol–water partition coefficient (Wildman–Crippen LogP) is 0.702. The van der Waals surface area contributed by atoms with Gasteiger partial charge in [-0.1, -0.05) is 0 Å². The molecule has 0 radical (unpaired) electrons. The maximum Gasteiger partial charge on any atom is 0.251 e. The normalized spacial score (nSPS) is 14.8. The molecular formula is C15H23ClN4O2. The van der Waals surface area contributed by atoms with Gasteiger partial charge in [0.15, 0.2) is 0 Å². The summed E-state index contributed by atoms with van der Waals surface area (Å²) in [6, 6.07) is 6.88. The highest BCUT2D eigenvalue weighted by Crippen LogP contribution is 2.09. The fraction of sp³-hybridized carbons (Fsp3) is 0.467. The van der Waals surface area contributed by atoms with Crippen molar-refractivity contribution < 1.29 is 9.59 Å². The van der Waals surface area contributed by atoms with E-state index in [0.717, 1.165) is 32.7 Å². The lowest BCUT2D eigenvalue weighted by atomic mass is 10.2. The van der Waals surface area contributed by atoms with Crippen LogP contribution in [0.15, 0.2) is 24.3 Å². The smallest absolute Gasteiger partial charge is 0.251 e. The molecule has 1 heterocycles. The number of hydrogen-bond acceptors (Lipinski definition) is 4. The molecule has 0 saturated carbocycles. The van der Waals surface area contributed by atoms with Crippen LogP contribution in [0.3, 0.4) is 0 Å². The van der Waals surface area contributed by atoms with Gasteiger partial charge >= 0.3 is 0 Å². The van der Waals surface area contributed by atoms with Gasteiger partial charge in [0.2, 0.25) is 5.91 Å². The summed E-state index contributed by atoms with van der Waals surface area (Å²) in [6.07, 6.45) is 0. The molecule has 0 spiro atoms. The number of anilines is 1. The van der Waals surface area contributed by atoms with Gasteiger partial charge in [-0.05, 0) is 24.3 Å². The molecule has 22 heavy (non-hydrogen) atoms. The van der Waals surface area contributed by atoms with Gasteiger partial charge in [-0.25, -0.2) is 0 Å². The van der Waals surface area contributed by atoms with Gasteiger partial charge in [0, 0.05) is 57.4 Å². The summed E-state index contributed by atoms with van der Waals surface area (Å²) in [5.41, 5.74) is 1.30. The number of nitrogens with one attached hydrogen (secondary N) is 3. The summed E-state index contributed by atoms with van der Waals surface area (Å²) in [4.78, 5) is 25.2. The van der Waals surface area contributed by atoms with Crippen LogP contribution in [0.1, 0.15) is 17.3 Å². The predicted molar refractivity (Wildman–Crippen MR) is 89.6 cm³/mol. The van der Waals surface area contributed by atoms with E-state index in [1.165, 1.54) is 6.92 Å². The third-order valence-electron chi connectivity index (χ3n) is 3.39. The minimum absolute atomic E-state index is 0. The van der Waals surface area contributed by atoms with Gasteiger partial charge in [0.25, 0.3) is 5.91 Å². The molecule has 3 N–H and O–H groups in total. The van der Waals surface area contributed by atoms with Gasteiger partial charge in [-0.2, -0.15) is 0 Å². The first-order valence-electron chi connectivity index (χ1n) is 7.24. The van der Waals surface area contributed by atoms with Crippen molar-refractivity contribution in [1.82, 2.24) is 15.5 Å². The molecule has 1 fully saturated rings. The van der Waals surface area contributed by atoms with Crippen molar-refractivity contribution in [2.45, 2.75) is 6.92 Å². The standard InChI is InChI=1S/C15H22N4O2.ClH/c1-12(20)18-14-4-2-13(3-5-14)15(21)17-8-11-19-9-6-16-7-10-19;/h2-5,16H,6-11H2,1H3,(H,17,21)(H,18,20);1H. The van der Waals surface area contributed by atoms with Gasteiger partial charge in [-0.15, -0.1) is 12.4 Å². The highest BCUT2D eigenvalue weighted by molar-refractivity contribution is 5.95. The Morgan fingerprint density at radius 3 is 2.41 bits per heavy atom. The molecule has 6 nitrogen and oxygen atoms in total. The monoisotopic (exact) mass is 326 g/mol. The van der Waals surface area contributed by atoms with Crippen molar-refractivity contribution in [3.05, 3.63) is 29.8 Å². The summed E-state index contributed by atoms with van der Waals surface area (Å²) in [5.74, 6) is -0.206. The number of nitrogens with zero attached hydrogens (tertiary/aromatic N) is 1. The molecular weight excluding hydrogens is 304 g/mol. The van der Waals surface area contributed by atoms with Crippen molar-refractivity contribution in [2.24, 2.45) is 0 Å². The third-order valence-corrected chi connectivity index (χ3v) is 3.39. The zero-order chi connectivity index (χ0) is 15.1. The lowest BCUT2D eigenvalue weighted by molar-refractivity contribution is -0.114. The minimum atomic E-state index is -0.122. The molecule has 7 heteroatoms. The number of halogens is 1. The molecule has 0 atom stereocenters. The first-order chi connectivity index (χ1) is 10.1. The van der Waals surface area contributed by atoms with Crippen molar-refractivity contribution in [3.63, 3.8) is 0 Å². The van der Waals surface area contributed by atoms with Crippen LogP contribution in [0.5, 0.6) is 0 Å². The second-order valence-electron chi connectivity index (χ2n) is 5.11. The molecule has 1 aliphatic rings. The Morgan fingerprint density at radius 1 is 1.18 bits per heavy atom. The van der Waals surface area contributed by atoms with Crippen molar-refractivity contribution in [1.29, 1.82) is 0 Å². The van der Waals surface area contributed by atoms with E-state index in [1.54, 1.807) is 24.3 Å². The lowest BCUT2D eigenvalue weighted by Crippen LogP contribution is -2.46. The largest absolute Gasteiger partial charge is 0.351 e. The molecule has 0 aromatic heterocycles. The van der Waals surface area contributed by atoms with E-state index in [-0.39, 0.29) is 24.2 Å². The molecule has 1 aliphatic heterocycles. The highest BCUT2D eigenvalue weighted by atomic mass is 35.5. The molecule has 122 valence electrons. The van der Waals surface area contributed by atoms with Crippen LogP contribution < -0.4 is 16.0 Å². The molecule has 1 aromatic carbocycles. The van der Waals surface area contributed by atoms with Crippen molar-refractivity contribution in [3.8, 4) is 0 Å². The second-order valence-corrected chi connectivity index (χ2v) is 5.11. The number of hydrogen-bond donors (Lipinski definition) is 3. The molecule has 0 aliphatic carbocycles. The molecule has 2 rings (SSSR count). The summed E-state index contributed by atoms with van der Waals surface area (Å²) in [6.45, 7) is 7.06. The van der Waals surface area contributed by atoms with Crippen molar-refractivity contribution >= 4 is 29.9 Å². The van der Waals surface area contributed by atoms with Crippen LogP contribution in [-0.2, 0) is 4.79 Å². The van der Waals surface area contributed by atoms with Crippen LogP contribution in [0, 0.1) is 0 Å². The summed E-state index contributed by atoms with van der Waals surface area (Å²) < 4.78 is 0. The van der Waals surface area contributed by atoms with Gasteiger partial charge < -0.3 is 16.0 Å². The van der Waals surface area contributed by atoms with E-state index in [2.05, 4.69) is 20.9 Å². The molecule has 1 aromatic rings. The van der Waals surface area contributed by atoms with E-state index in [9.17, 15) is 9.59 Å². The Morgan fingerprint density at radius 2 is 1.82 bits per heavy atom. The number of amides is 2. The number of benzene rings is 1. The van der Waals surface area contributed by atoms with Gasteiger partial charge in [0.05, 0.1) is 0 Å². The molecule has 1 saturated heterocycles. The summed E-state index contributed by atoms with van der Waals surface area (Å²) in [7, 11) is 0. The van der Waals surface area contributed by atoms with E-state index in [1.807, 2.05) is 0 Å². The molecule has 0 bridgehead atoms. The molecule has 2 amide bonds. The Balaban J connectivity index is 0.00000242. The fourth-order valence-electron chi connectivity index (χ4n) is 2.27. The summed E-state index contributed by atoms with van der Waals surface area (Å²) >= 11 is 0. The number of piperazine rings is 1. The number of rotatable bonds is 5. The van der Waals surface area contributed by atoms with Gasteiger partial charge in [-0.3, -0.25) is 14.5 Å². The van der Waals surface area contributed by atoms with E-state index in [4.69, 9.17) is 0 Å². The van der Waals surface area contributed by atoms with Crippen LogP contribution in [-0.4, -0.2) is 56.0 Å². The number of carbonyl (C=O) groups is 2. The summed E-state index contributed by atoms with van der Waals surface area (Å²) in [5, 5.41) is 8.89. The average molecular weight is 327 g/mol. The van der Waals surface area contributed by atoms with Gasteiger partial charge in [0.1, 0.15) is 0 Å². The third kappa shape index (κ3) is 6.01. The fourth-order valence-corrected chi connectivity index (χ4v) is 2.27. The van der Waals surface area contributed by atoms with Crippen LogP contribution in [0.4, 0.5) is 5.69 Å². The quantitative estimate of drug-likeness (QED) is 0.745. The lowest BCUT2D eigenvalue weighted by Gasteiger charge is -2.27.